The fourth-order valence-electron chi connectivity index (χ4n) is 0.448. The van der Waals surface area contributed by atoms with Gasteiger partial charge in [-0.1, -0.05) is 6.07 Å². The van der Waals surface area contributed by atoms with Crippen molar-refractivity contribution in [1.29, 1.82) is 5.53 Å². The number of nitrogens with one attached hydrogen (secondary N) is 1. The van der Waals surface area contributed by atoms with E-state index in [4.69, 9.17) is 5.53 Å². The first-order chi connectivity index (χ1) is 4.43. The van der Waals surface area contributed by atoms with Gasteiger partial charge in [-0.05, 0) is 6.07 Å². The molecule has 1 aromatic rings. The summed E-state index contributed by atoms with van der Waals surface area (Å²) < 4.78 is 0. The van der Waals surface area contributed by atoms with Gasteiger partial charge in [-0.15, -0.1) is 0 Å². The highest BCUT2D eigenvalue weighted by Crippen LogP contribution is 2.01. The summed E-state index contributed by atoms with van der Waals surface area (Å²) in [7, 11) is 0. The summed E-state index contributed by atoms with van der Waals surface area (Å²) in [6.07, 6.45) is 1.57. The van der Waals surface area contributed by atoms with Crippen molar-refractivity contribution in [2.45, 2.75) is 0 Å². The Kier molecular flexibility index (Phi) is 1.74. The molecule has 1 heterocycles. The Hall–Kier alpha value is -1.45. The van der Waals surface area contributed by atoms with Crippen molar-refractivity contribution in [3.8, 4) is 5.88 Å². The maximum Gasteiger partial charge on any atom is 0.250 e. The molecule has 0 saturated carbocycles. The monoisotopic (exact) mass is 123 g/mol. The summed E-state index contributed by atoms with van der Waals surface area (Å²) in [6, 6.07) is 5.14. The third-order valence-electron chi connectivity index (χ3n) is 0.777. The molecule has 1 N–H and O–H groups in total. The third-order valence-corrected chi connectivity index (χ3v) is 0.777. The minimum atomic E-state index is 0.340. The summed E-state index contributed by atoms with van der Waals surface area (Å²) in [5, 5.41) is 2.69. The molecule has 0 aliphatic heterocycles. The van der Waals surface area contributed by atoms with Gasteiger partial charge in [-0.3, -0.25) is 0 Å². The zero-order chi connectivity index (χ0) is 6.53. The molecule has 46 valence electrons. The van der Waals surface area contributed by atoms with Gasteiger partial charge in [0.1, 0.15) is 0 Å². The molecule has 0 saturated heterocycles. The van der Waals surface area contributed by atoms with Gasteiger partial charge in [-0.2, -0.15) is 5.53 Å². The van der Waals surface area contributed by atoms with Gasteiger partial charge in [0.25, 0.3) is 5.88 Å². The highest BCUT2D eigenvalue weighted by molar-refractivity contribution is 5.08. The molecule has 0 radical (unpaired) electrons. The summed E-state index contributed by atoms with van der Waals surface area (Å²) in [6.45, 7) is 0. The maximum atomic E-state index is 6.30. The predicted octanol–water partition coefficient (Wildman–Crippen LogP) is 1.41. The number of nitrogens with zero attached hydrogens (tertiary/aromatic N) is 2. The van der Waals surface area contributed by atoms with E-state index in [0.29, 0.717) is 5.88 Å². The van der Waals surface area contributed by atoms with Gasteiger partial charge in [-0.25, -0.2) is 4.98 Å². The van der Waals surface area contributed by atoms with Crippen molar-refractivity contribution in [2.24, 2.45) is 5.28 Å². The molecule has 1 rings (SSSR count). The molecular formula is C5H5N3O. The van der Waals surface area contributed by atoms with E-state index in [2.05, 4.69) is 15.1 Å². The summed E-state index contributed by atoms with van der Waals surface area (Å²) in [5.41, 5.74) is 6.30. The molecule has 0 atom stereocenters. The molecule has 4 nitrogen and oxygen atoms in total. The molecular weight excluding hydrogens is 118 g/mol. The van der Waals surface area contributed by atoms with Crippen LogP contribution in [-0.4, -0.2) is 4.98 Å². The van der Waals surface area contributed by atoms with Crippen molar-refractivity contribution in [3.63, 3.8) is 0 Å². The Morgan fingerprint density at radius 1 is 1.56 bits per heavy atom. The highest BCUT2D eigenvalue weighted by Gasteiger charge is 1.86. The highest BCUT2D eigenvalue weighted by atomic mass is 16.6. The number of hydrogen-bond donors (Lipinski definition) is 1. The van der Waals surface area contributed by atoms with Gasteiger partial charge < -0.3 is 4.84 Å². The third kappa shape index (κ3) is 1.49. The Morgan fingerprint density at radius 2 is 2.44 bits per heavy atom. The number of hydrogen-bond acceptors (Lipinski definition) is 4. The van der Waals surface area contributed by atoms with Gasteiger partial charge >= 0.3 is 0 Å². The van der Waals surface area contributed by atoms with Crippen molar-refractivity contribution in [2.75, 3.05) is 0 Å². The normalized spacial score (nSPS) is 8.44. The number of pyridine rings is 1. The first kappa shape index (κ1) is 5.68. The van der Waals surface area contributed by atoms with E-state index in [9.17, 15) is 0 Å². The van der Waals surface area contributed by atoms with Crippen molar-refractivity contribution in [3.05, 3.63) is 24.4 Å². The van der Waals surface area contributed by atoms with Crippen LogP contribution < -0.4 is 4.84 Å². The van der Waals surface area contributed by atoms with Crippen LogP contribution in [0.1, 0.15) is 0 Å². The minimum Gasteiger partial charge on any atom is -0.319 e. The average molecular weight is 123 g/mol. The van der Waals surface area contributed by atoms with Crippen molar-refractivity contribution >= 4 is 0 Å². The molecule has 0 fully saturated rings. The second-order valence-corrected chi connectivity index (χ2v) is 1.35. The lowest BCUT2D eigenvalue weighted by Crippen LogP contribution is -1.81. The number of aromatic nitrogens is 1. The van der Waals surface area contributed by atoms with Crippen LogP contribution >= 0.6 is 0 Å². The largest absolute Gasteiger partial charge is 0.319 e. The Bertz CT molecular complexity index is 187. The van der Waals surface area contributed by atoms with Crippen LogP contribution in [0.4, 0.5) is 0 Å². The minimum absolute atomic E-state index is 0.340. The van der Waals surface area contributed by atoms with E-state index >= 15 is 0 Å². The lowest BCUT2D eigenvalue weighted by atomic mass is 10.5. The van der Waals surface area contributed by atoms with Crippen LogP contribution in [-0.2, 0) is 0 Å². The van der Waals surface area contributed by atoms with Crippen LogP contribution in [0.3, 0.4) is 0 Å². The van der Waals surface area contributed by atoms with Gasteiger partial charge in [0, 0.05) is 17.5 Å². The Labute approximate surface area is 52.0 Å². The summed E-state index contributed by atoms with van der Waals surface area (Å²) in [4.78, 5) is 8.12. The molecule has 0 aliphatic rings. The topological polar surface area (TPSA) is 58.3 Å². The molecule has 4 heteroatoms. The second kappa shape index (κ2) is 2.76. The van der Waals surface area contributed by atoms with E-state index in [0.717, 1.165) is 0 Å². The van der Waals surface area contributed by atoms with E-state index in [-0.39, 0.29) is 0 Å². The van der Waals surface area contributed by atoms with Gasteiger partial charge in [0.2, 0.25) is 0 Å². The van der Waals surface area contributed by atoms with Crippen LogP contribution in [0.15, 0.2) is 29.7 Å². The lowest BCUT2D eigenvalue weighted by molar-refractivity contribution is 0.287. The molecule has 0 unspecified atom stereocenters. The molecule has 0 bridgehead atoms. The zero-order valence-electron chi connectivity index (χ0n) is 4.61. The van der Waals surface area contributed by atoms with Crippen LogP contribution in [0.5, 0.6) is 5.88 Å². The first-order valence-electron chi connectivity index (χ1n) is 2.38. The first-order valence-corrected chi connectivity index (χ1v) is 2.38. The van der Waals surface area contributed by atoms with Crippen molar-refractivity contribution < 1.29 is 4.84 Å². The molecule has 9 heavy (non-hydrogen) atoms. The van der Waals surface area contributed by atoms with Crippen molar-refractivity contribution in [1.82, 2.24) is 4.98 Å². The molecule has 0 spiro atoms. The maximum absolute atomic E-state index is 6.30. The molecule has 0 amide bonds. The number of rotatable bonds is 2. The lowest BCUT2D eigenvalue weighted by Gasteiger charge is -1.89. The SMILES string of the molecule is N=NOc1ccccn1. The summed E-state index contributed by atoms with van der Waals surface area (Å²) >= 11 is 0. The van der Waals surface area contributed by atoms with Crippen LogP contribution in [0.2, 0.25) is 0 Å². The fraction of sp³-hybridized carbons (Fsp3) is 0. The molecule has 0 aliphatic carbocycles. The van der Waals surface area contributed by atoms with Gasteiger partial charge in [0.05, 0.1) is 0 Å². The standard InChI is InChI=1S/C5H5N3O/c6-8-9-5-3-1-2-4-7-5/h1-4,6H. The average Bonchev–Trinajstić information content (AvgIpc) is 1.91. The predicted molar refractivity (Wildman–Crippen MR) is 30.0 cm³/mol. The molecule has 0 aromatic carbocycles. The van der Waals surface area contributed by atoms with E-state index in [1.165, 1.54) is 0 Å². The zero-order valence-corrected chi connectivity index (χ0v) is 4.61. The van der Waals surface area contributed by atoms with E-state index in [1.54, 1.807) is 24.4 Å². The quantitative estimate of drug-likeness (QED) is 0.477. The van der Waals surface area contributed by atoms with E-state index < -0.39 is 0 Å². The molecule has 1 aromatic heterocycles. The van der Waals surface area contributed by atoms with Crippen LogP contribution in [0.25, 0.3) is 0 Å². The smallest absolute Gasteiger partial charge is 0.250 e. The van der Waals surface area contributed by atoms with Crippen LogP contribution in [0, 0.1) is 5.53 Å². The van der Waals surface area contributed by atoms with E-state index in [1.807, 2.05) is 0 Å². The van der Waals surface area contributed by atoms with Gasteiger partial charge in [0.15, 0.2) is 0 Å². The summed E-state index contributed by atoms with van der Waals surface area (Å²) in [5.74, 6) is 0.340. The Morgan fingerprint density at radius 3 is 3.00 bits per heavy atom. The second-order valence-electron chi connectivity index (χ2n) is 1.35. The Balaban J connectivity index is 2.72. The fourth-order valence-corrected chi connectivity index (χ4v) is 0.448.